The van der Waals surface area contributed by atoms with E-state index in [1.807, 2.05) is 0 Å². The van der Waals surface area contributed by atoms with E-state index in [0.717, 1.165) is 0 Å². The highest BCUT2D eigenvalue weighted by atomic mass is 32.2. The predicted octanol–water partition coefficient (Wildman–Crippen LogP) is 0.394. The van der Waals surface area contributed by atoms with Crippen LogP contribution in [0.1, 0.15) is 0 Å². The van der Waals surface area contributed by atoms with E-state index in [1.165, 1.54) is 0 Å². The molecule has 1 radical (unpaired) electrons. The van der Waals surface area contributed by atoms with Crippen molar-refractivity contribution < 1.29 is 26.7 Å². The van der Waals surface area contributed by atoms with Gasteiger partial charge in [-0.15, -0.1) is 0 Å². The Morgan fingerprint density at radius 3 is 1.91 bits per heavy atom. The fourth-order valence-corrected chi connectivity index (χ4v) is 1.35. The van der Waals surface area contributed by atoms with Gasteiger partial charge in [0.15, 0.2) is 9.84 Å². The molecule has 0 unspecified atom stereocenters. The van der Waals surface area contributed by atoms with Crippen LogP contribution in [0.15, 0.2) is 0 Å². The standard InChI is InChI=1S/C4H6F3O3S/c5-4(6,7)3-11(9,10)2-1-8/h1-3H2. The average Bonchev–Trinajstić information content (AvgIpc) is 1.55. The summed E-state index contributed by atoms with van der Waals surface area (Å²) in [5.41, 5.74) is 0. The van der Waals surface area contributed by atoms with Crippen LogP contribution in [0.2, 0.25) is 0 Å². The molecule has 0 amide bonds. The second-order valence-electron chi connectivity index (χ2n) is 1.91. The Bertz CT molecular complexity index is 205. The molecule has 0 aliphatic rings. The van der Waals surface area contributed by atoms with Crippen LogP contribution in [0.3, 0.4) is 0 Å². The molecule has 0 aliphatic carbocycles. The van der Waals surface area contributed by atoms with Crippen molar-refractivity contribution in [2.24, 2.45) is 0 Å². The molecule has 0 aliphatic heterocycles. The number of halogens is 3. The lowest BCUT2D eigenvalue weighted by Crippen LogP contribution is -2.25. The summed E-state index contributed by atoms with van der Waals surface area (Å²) in [5, 5.41) is 9.68. The van der Waals surface area contributed by atoms with Crippen LogP contribution < -0.4 is 0 Å². The maximum absolute atomic E-state index is 11.4. The molecule has 0 spiro atoms. The highest BCUT2D eigenvalue weighted by Gasteiger charge is 2.34. The van der Waals surface area contributed by atoms with E-state index in [1.54, 1.807) is 0 Å². The molecule has 0 heterocycles. The highest BCUT2D eigenvalue weighted by Crippen LogP contribution is 2.17. The minimum absolute atomic E-state index is 0.952. The van der Waals surface area contributed by atoms with E-state index in [9.17, 15) is 26.7 Å². The van der Waals surface area contributed by atoms with Gasteiger partial charge in [0.1, 0.15) is 5.75 Å². The number of hydrogen-bond acceptors (Lipinski definition) is 2. The third-order valence-corrected chi connectivity index (χ3v) is 2.33. The van der Waals surface area contributed by atoms with Crippen molar-refractivity contribution >= 4 is 9.84 Å². The Morgan fingerprint density at radius 2 is 1.64 bits per heavy atom. The molecular weight excluding hydrogens is 185 g/mol. The third kappa shape index (κ3) is 6.11. The average molecular weight is 191 g/mol. The summed E-state index contributed by atoms with van der Waals surface area (Å²) < 4.78 is 54.8. The lowest BCUT2D eigenvalue weighted by atomic mass is 10.8. The first kappa shape index (κ1) is 10.7. The van der Waals surface area contributed by atoms with Crippen LogP contribution in [0, 0.1) is 0 Å². The first-order valence-corrected chi connectivity index (χ1v) is 4.44. The van der Waals surface area contributed by atoms with E-state index in [2.05, 4.69) is 0 Å². The van der Waals surface area contributed by atoms with Crippen LogP contribution in [0.5, 0.6) is 0 Å². The monoisotopic (exact) mass is 191 g/mol. The zero-order valence-corrected chi connectivity index (χ0v) is 6.20. The molecule has 0 fully saturated rings. The number of hydrogen-bond donors (Lipinski definition) is 0. The Kier molecular flexibility index (Phi) is 3.30. The first-order chi connectivity index (χ1) is 4.77. The Hall–Kier alpha value is -0.300. The zero-order valence-electron chi connectivity index (χ0n) is 5.39. The second-order valence-corrected chi connectivity index (χ2v) is 4.10. The molecule has 7 heteroatoms. The summed E-state index contributed by atoms with van der Waals surface area (Å²) in [4.78, 5) is 0. The molecule has 67 valence electrons. The third-order valence-electron chi connectivity index (χ3n) is 0.778. The van der Waals surface area contributed by atoms with Gasteiger partial charge < -0.3 is 0 Å². The van der Waals surface area contributed by atoms with Crippen molar-refractivity contribution in [3.63, 3.8) is 0 Å². The lowest BCUT2D eigenvalue weighted by Gasteiger charge is -2.04. The van der Waals surface area contributed by atoms with Crippen molar-refractivity contribution in [2.45, 2.75) is 6.18 Å². The molecule has 0 bridgehead atoms. The summed E-state index contributed by atoms with van der Waals surface area (Å²) in [6.07, 6.45) is -4.74. The van der Waals surface area contributed by atoms with Crippen LogP contribution >= 0.6 is 0 Å². The highest BCUT2D eigenvalue weighted by molar-refractivity contribution is 7.91. The summed E-state index contributed by atoms with van der Waals surface area (Å²) in [7, 11) is -4.23. The van der Waals surface area contributed by atoms with Gasteiger partial charge in [0.05, 0.1) is 12.4 Å². The summed E-state index contributed by atoms with van der Waals surface area (Å²) in [6, 6.07) is 0. The minimum Gasteiger partial charge on any atom is -0.236 e. The van der Waals surface area contributed by atoms with Crippen LogP contribution in [0.4, 0.5) is 13.2 Å². The molecule has 0 N–H and O–H groups in total. The summed E-state index contributed by atoms with van der Waals surface area (Å²) in [5.74, 6) is -2.85. The van der Waals surface area contributed by atoms with Crippen molar-refractivity contribution in [1.82, 2.24) is 0 Å². The molecule has 0 aromatic heterocycles. The van der Waals surface area contributed by atoms with Crippen molar-refractivity contribution in [3.05, 3.63) is 0 Å². The normalized spacial score (nSPS) is 13.5. The van der Waals surface area contributed by atoms with Gasteiger partial charge in [0.25, 0.3) is 0 Å². The van der Waals surface area contributed by atoms with Gasteiger partial charge in [0.2, 0.25) is 0 Å². The second kappa shape index (κ2) is 3.40. The van der Waals surface area contributed by atoms with Crippen LogP contribution in [-0.4, -0.2) is 32.7 Å². The number of rotatable bonds is 3. The van der Waals surface area contributed by atoms with Crippen molar-refractivity contribution in [3.8, 4) is 0 Å². The molecular formula is C4H6F3O3S. The maximum Gasteiger partial charge on any atom is 0.402 e. The van der Waals surface area contributed by atoms with E-state index in [-0.39, 0.29) is 0 Å². The first-order valence-electron chi connectivity index (χ1n) is 2.62. The Labute approximate surface area is 61.8 Å². The molecule has 0 rings (SSSR count). The van der Waals surface area contributed by atoms with Gasteiger partial charge in [-0.1, -0.05) is 0 Å². The van der Waals surface area contributed by atoms with E-state index in [4.69, 9.17) is 0 Å². The van der Waals surface area contributed by atoms with Crippen molar-refractivity contribution in [1.29, 1.82) is 0 Å². The zero-order chi connectivity index (χ0) is 9.12. The molecule has 3 nitrogen and oxygen atoms in total. The van der Waals surface area contributed by atoms with Gasteiger partial charge in [-0.25, -0.2) is 13.5 Å². The number of alkyl halides is 3. The Morgan fingerprint density at radius 1 is 1.18 bits per heavy atom. The predicted molar refractivity (Wildman–Crippen MR) is 30.3 cm³/mol. The molecule has 0 atom stereocenters. The quantitative estimate of drug-likeness (QED) is 0.648. The van der Waals surface area contributed by atoms with Crippen LogP contribution in [-0.2, 0) is 14.9 Å². The molecule has 11 heavy (non-hydrogen) atoms. The van der Waals surface area contributed by atoms with Gasteiger partial charge in [-0.2, -0.15) is 13.2 Å². The Balaban J connectivity index is 4.15. The van der Waals surface area contributed by atoms with E-state index < -0.39 is 34.1 Å². The van der Waals surface area contributed by atoms with E-state index in [0.29, 0.717) is 0 Å². The fourth-order valence-electron chi connectivity index (χ4n) is 0.448. The summed E-state index contributed by atoms with van der Waals surface area (Å²) >= 11 is 0. The topological polar surface area (TPSA) is 54.0 Å². The minimum atomic E-state index is -4.74. The molecule has 0 saturated carbocycles. The molecule has 0 saturated heterocycles. The summed E-state index contributed by atoms with van der Waals surface area (Å²) in [6.45, 7) is -1.03. The maximum atomic E-state index is 11.4. The molecule has 0 aromatic rings. The number of sulfone groups is 1. The van der Waals surface area contributed by atoms with E-state index >= 15 is 0 Å². The van der Waals surface area contributed by atoms with Gasteiger partial charge in [-0.3, -0.25) is 0 Å². The van der Waals surface area contributed by atoms with Gasteiger partial charge in [-0.05, 0) is 0 Å². The largest absolute Gasteiger partial charge is 0.402 e. The van der Waals surface area contributed by atoms with Gasteiger partial charge in [0, 0.05) is 0 Å². The molecule has 0 aromatic carbocycles. The van der Waals surface area contributed by atoms with Crippen molar-refractivity contribution in [2.75, 3.05) is 18.1 Å². The lowest BCUT2D eigenvalue weighted by molar-refractivity contribution is -0.106. The fraction of sp³-hybridized carbons (Fsp3) is 1.00. The smallest absolute Gasteiger partial charge is 0.236 e. The van der Waals surface area contributed by atoms with Crippen LogP contribution in [0.25, 0.3) is 0 Å². The van der Waals surface area contributed by atoms with Gasteiger partial charge >= 0.3 is 6.18 Å². The SMILES string of the molecule is [O]CCS(=O)(=O)CC(F)(F)F.